The third-order valence-corrected chi connectivity index (χ3v) is 4.41. The van der Waals surface area contributed by atoms with E-state index in [1.807, 2.05) is 13.8 Å². The van der Waals surface area contributed by atoms with Gasteiger partial charge in [-0.25, -0.2) is 0 Å². The van der Waals surface area contributed by atoms with Gasteiger partial charge in [-0.1, -0.05) is 19.0 Å². The van der Waals surface area contributed by atoms with Crippen LogP contribution >= 0.6 is 0 Å². The number of amides is 1. The standard InChI is InChI=1S/C13H25N3O3/c1-4-13(5-2,11(14)15-19)12(18)16-7-6-10(8-16)9(3)17/h9-10,17,19H,4-8H2,1-3H3,(H2,14,15). The molecule has 1 amide bonds. The number of aliphatic hydroxyl groups excluding tert-OH is 1. The highest BCUT2D eigenvalue weighted by Crippen LogP contribution is 2.32. The van der Waals surface area contributed by atoms with Crippen LogP contribution in [0.15, 0.2) is 5.16 Å². The predicted octanol–water partition coefficient (Wildman–Crippen LogP) is 0.769. The lowest BCUT2D eigenvalue weighted by Gasteiger charge is -2.33. The van der Waals surface area contributed by atoms with E-state index in [4.69, 9.17) is 10.9 Å². The molecule has 1 rings (SSSR count). The van der Waals surface area contributed by atoms with E-state index in [0.29, 0.717) is 25.9 Å². The summed E-state index contributed by atoms with van der Waals surface area (Å²) in [5.41, 5.74) is 4.81. The molecule has 1 fully saturated rings. The maximum atomic E-state index is 12.7. The molecule has 0 aromatic heterocycles. The summed E-state index contributed by atoms with van der Waals surface area (Å²) in [6, 6.07) is 0. The van der Waals surface area contributed by atoms with Crippen molar-refractivity contribution in [3.63, 3.8) is 0 Å². The van der Waals surface area contributed by atoms with Gasteiger partial charge in [-0.15, -0.1) is 0 Å². The zero-order chi connectivity index (χ0) is 14.6. The number of oxime groups is 1. The van der Waals surface area contributed by atoms with Crippen LogP contribution in [-0.4, -0.2) is 46.1 Å². The minimum absolute atomic E-state index is 0.0250. The quantitative estimate of drug-likeness (QED) is 0.297. The van der Waals surface area contributed by atoms with Gasteiger partial charge >= 0.3 is 0 Å². The molecule has 19 heavy (non-hydrogen) atoms. The Morgan fingerprint density at radius 1 is 1.53 bits per heavy atom. The number of amidine groups is 1. The Labute approximate surface area is 114 Å². The molecule has 2 atom stereocenters. The highest BCUT2D eigenvalue weighted by Gasteiger charge is 2.44. The number of hydrogen-bond donors (Lipinski definition) is 3. The molecular formula is C13H25N3O3. The molecule has 6 heteroatoms. The Balaban J connectivity index is 2.91. The molecule has 1 heterocycles. The number of nitrogens with zero attached hydrogens (tertiary/aromatic N) is 2. The molecule has 4 N–H and O–H groups in total. The van der Waals surface area contributed by atoms with Crippen LogP contribution in [0.4, 0.5) is 0 Å². The van der Waals surface area contributed by atoms with Crippen molar-refractivity contribution in [1.29, 1.82) is 0 Å². The highest BCUT2D eigenvalue weighted by molar-refractivity contribution is 6.06. The van der Waals surface area contributed by atoms with Crippen molar-refractivity contribution in [2.24, 2.45) is 22.2 Å². The molecular weight excluding hydrogens is 246 g/mol. The maximum absolute atomic E-state index is 12.7. The van der Waals surface area contributed by atoms with E-state index in [9.17, 15) is 9.90 Å². The van der Waals surface area contributed by atoms with Crippen molar-refractivity contribution >= 4 is 11.7 Å². The summed E-state index contributed by atoms with van der Waals surface area (Å²) in [6.45, 7) is 6.63. The van der Waals surface area contributed by atoms with Crippen molar-refractivity contribution in [3.8, 4) is 0 Å². The first-order chi connectivity index (χ1) is 8.92. The van der Waals surface area contributed by atoms with Crippen molar-refractivity contribution in [3.05, 3.63) is 0 Å². The van der Waals surface area contributed by atoms with E-state index in [0.717, 1.165) is 6.42 Å². The van der Waals surface area contributed by atoms with E-state index in [2.05, 4.69) is 5.16 Å². The smallest absolute Gasteiger partial charge is 0.236 e. The Bertz CT molecular complexity index is 351. The van der Waals surface area contributed by atoms with Crippen LogP contribution < -0.4 is 5.73 Å². The number of aliphatic hydroxyl groups is 1. The monoisotopic (exact) mass is 271 g/mol. The second kappa shape index (κ2) is 6.23. The third kappa shape index (κ3) is 2.83. The van der Waals surface area contributed by atoms with Crippen LogP contribution in [0, 0.1) is 11.3 Å². The molecule has 0 aromatic carbocycles. The molecule has 0 aromatic rings. The van der Waals surface area contributed by atoms with Gasteiger partial charge in [-0.2, -0.15) is 0 Å². The molecule has 1 aliphatic rings. The van der Waals surface area contributed by atoms with Gasteiger partial charge in [0.1, 0.15) is 5.41 Å². The lowest BCUT2D eigenvalue weighted by Crippen LogP contribution is -2.50. The summed E-state index contributed by atoms with van der Waals surface area (Å²) >= 11 is 0. The number of rotatable bonds is 5. The minimum atomic E-state index is -0.928. The Morgan fingerprint density at radius 2 is 2.11 bits per heavy atom. The topological polar surface area (TPSA) is 99.2 Å². The maximum Gasteiger partial charge on any atom is 0.236 e. The molecule has 1 saturated heterocycles. The van der Waals surface area contributed by atoms with Crippen molar-refractivity contribution in [2.45, 2.75) is 46.1 Å². The average Bonchev–Trinajstić information content (AvgIpc) is 2.89. The summed E-state index contributed by atoms with van der Waals surface area (Å²) in [6.07, 6.45) is 1.37. The van der Waals surface area contributed by atoms with Crippen LogP contribution in [-0.2, 0) is 4.79 Å². The molecule has 110 valence electrons. The van der Waals surface area contributed by atoms with Gasteiger partial charge in [-0.3, -0.25) is 4.79 Å². The zero-order valence-electron chi connectivity index (χ0n) is 12.0. The number of carbonyl (C=O) groups is 1. The minimum Gasteiger partial charge on any atom is -0.409 e. The second-order valence-electron chi connectivity index (χ2n) is 5.31. The van der Waals surface area contributed by atoms with Gasteiger partial charge in [-0.05, 0) is 26.2 Å². The van der Waals surface area contributed by atoms with E-state index in [-0.39, 0.29) is 17.7 Å². The van der Waals surface area contributed by atoms with Gasteiger partial charge in [0.2, 0.25) is 5.91 Å². The Kier molecular flexibility index (Phi) is 5.17. The van der Waals surface area contributed by atoms with Crippen molar-refractivity contribution in [2.75, 3.05) is 13.1 Å². The largest absolute Gasteiger partial charge is 0.409 e. The fraction of sp³-hybridized carbons (Fsp3) is 0.846. The first kappa shape index (κ1) is 15.8. The number of likely N-dealkylation sites (tertiary alicyclic amines) is 1. The second-order valence-corrected chi connectivity index (χ2v) is 5.31. The van der Waals surface area contributed by atoms with Crippen LogP contribution in [0.5, 0.6) is 0 Å². The molecule has 0 bridgehead atoms. The summed E-state index contributed by atoms with van der Waals surface area (Å²) in [7, 11) is 0. The molecule has 0 spiro atoms. The van der Waals surface area contributed by atoms with Gasteiger partial charge in [0.25, 0.3) is 0 Å². The van der Waals surface area contributed by atoms with E-state index in [1.54, 1.807) is 11.8 Å². The summed E-state index contributed by atoms with van der Waals surface area (Å²) in [5, 5.41) is 21.6. The molecule has 6 nitrogen and oxygen atoms in total. The third-order valence-electron chi connectivity index (χ3n) is 4.41. The Morgan fingerprint density at radius 3 is 2.47 bits per heavy atom. The van der Waals surface area contributed by atoms with Crippen LogP contribution in [0.2, 0.25) is 0 Å². The lowest BCUT2D eigenvalue weighted by atomic mass is 9.79. The van der Waals surface area contributed by atoms with Gasteiger partial charge in [0.05, 0.1) is 6.10 Å². The molecule has 2 unspecified atom stereocenters. The highest BCUT2D eigenvalue weighted by atomic mass is 16.4. The predicted molar refractivity (Wildman–Crippen MR) is 72.8 cm³/mol. The van der Waals surface area contributed by atoms with E-state index >= 15 is 0 Å². The molecule has 0 saturated carbocycles. The van der Waals surface area contributed by atoms with Crippen LogP contribution in [0.3, 0.4) is 0 Å². The first-order valence-electron chi connectivity index (χ1n) is 6.88. The first-order valence-corrected chi connectivity index (χ1v) is 6.88. The van der Waals surface area contributed by atoms with Gasteiger partial charge in [0.15, 0.2) is 5.84 Å². The molecule has 0 aliphatic carbocycles. The molecule has 0 radical (unpaired) electrons. The SMILES string of the molecule is CCC(CC)(C(=O)N1CCC(C(C)O)C1)C(N)=NO. The van der Waals surface area contributed by atoms with Crippen LogP contribution in [0.1, 0.15) is 40.0 Å². The van der Waals surface area contributed by atoms with Crippen molar-refractivity contribution < 1.29 is 15.1 Å². The van der Waals surface area contributed by atoms with E-state index in [1.165, 1.54) is 0 Å². The van der Waals surface area contributed by atoms with Crippen molar-refractivity contribution in [1.82, 2.24) is 4.90 Å². The fourth-order valence-corrected chi connectivity index (χ4v) is 2.79. The van der Waals surface area contributed by atoms with Gasteiger partial charge < -0.3 is 20.9 Å². The average molecular weight is 271 g/mol. The van der Waals surface area contributed by atoms with Gasteiger partial charge in [0, 0.05) is 19.0 Å². The number of hydrogen-bond acceptors (Lipinski definition) is 4. The molecule has 1 aliphatic heterocycles. The Hall–Kier alpha value is -1.30. The zero-order valence-corrected chi connectivity index (χ0v) is 12.0. The van der Waals surface area contributed by atoms with E-state index < -0.39 is 11.5 Å². The summed E-state index contributed by atoms with van der Waals surface area (Å²) in [4.78, 5) is 14.4. The lowest BCUT2D eigenvalue weighted by molar-refractivity contribution is -0.138. The summed E-state index contributed by atoms with van der Waals surface area (Å²) in [5.74, 6) is -0.0124. The van der Waals surface area contributed by atoms with Crippen LogP contribution in [0.25, 0.3) is 0 Å². The number of nitrogens with two attached hydrogens (primary N) is 1. The normalized spacial score (nSPS) is 22.6. The fourth-order valence-electron chi connectivity index (χ4n) is 2.79. The summed E-state index contributed by atoms with van der Waals surface area (Å²) < 4.78 is 0. The number of carbonyl (C=O) groups excluding carboxylic acids is 1.